The molecule has 0 aromatic heterocycles. The number of amides is 1. The first-order chi connectivity index (χ1) is 8.90. The molecule has 0 saturated heterocycles. The van der Waals surface area contributed by atoms with Crippen LogP contribution in [0.15, 0.2) is 24.3 Å². The summed E-state index contributed by atoms with van der Waals surface area (Å²) < 4.78 is 5.28. The average Bonchev–Trinajstić information content (AvgIpc) is 2.65. The molecule has 0 spiro atoms. The Morgan fingerprint density at radius 3 is 2.74 bits per heavy atom. The van der Waals surface area contributed by atoms with Crippen molar-refractivity contribution >= 4 is 6.09 Å². The van der Waals surface area contributed by atoms with Crippen LogP contribution < -0.4 is 5.32 Å². The molecule has 1 aromatic carbocycles. The Morgan fingerprint density at radius 2 is 2.11 bits per heavy atom. The monoisotopic (exact) mass is 263 g/mol. The molecule has 1 unspecified atom stereocenters. The van der Waals surface area contributed by atoms with Crippen LogP contribution in [0.5, 0.6) is 0 Å². The summed E-state index contributed by atoms with van der Waals surface area (Å²) in [6.07, 6.45) is 0.348. The number of aliphatic hydroxyl groups is 1. The van der Waals surface area contributed by atoms with Crippen LogP contribution in [0, 0.1) is 5.92 Å². The van der Waals surface area contributed by atoms with Crippen LogP contribution in [0.3, 0.4) is 0 Å². The van der Waals surface area contributed by atoms with Crippen molar-refractivity contribution in [1.82, 2.24) is 5.32 Å². The van der Waals surface area contributed by atoms with E-state index in [1.165, 1.54) is 5.56 Å². The number of ether oxygens (including phenoxy) is 1. The van der Waals surface area contributed by atoms with E-state index < -0.39 is 11.7 Å². The van der Waals surface area contributed by atoms with Gasteiger partial charge in [-0.15, -0.1) is 0 Å². The van der Waals surface area contributed by atoms with Gasteiger partial charge in [0.05, 0.1) is 6.04 Å². The zero-order valence-corrected chi connectivity index (χ0v) is 11.6. The lowest BCUT2D eigenvalue weighted by molar-refractivity contribution is 0.0477. The minimum atomic E-state index is -0.517. The van der Waals surface area contributed by atoms with Gasteiger partial charge in [0, 0.05) is 12.5 Å². The van der Waals surface area contributed by atoms with E-state index in [1.807, 2.05) is 45.0 Å². The third-order valence-electron chi connectivity index (χ3n) is 3.25. The third kappa shape index (κ3) is 3.26. The minimum absolute atomic E-state index is 0.0184. The Morgan fingerprint density at radius 1 is 1.42 bits per heavy atom. The molecule has 1 aromatic rings. The Kier molecular flexibility index (Phi) is 3.80. The molecular weight excluding hydrogens is 242 g/mol. The third-order valence-corrected chi connectivity index (χ3v) is 3.25. The summed E-state index contributed by atoms with van der Waals surface area (Å²) in [5.41, 5.74) is 1.74. The summed E-state index contributed by atoms with van der Waals surface area (Å²) in [4.78, 5) is 11.9. The number of rotatable bonds is 2. The molecule has 0 saturated carbocycles. The fraction of sp³-hybridized carbons (Fsp3) is 0.533. The first-order valence-corrected chi connectivity index (χ1v) is 6.59. The van der Waals surface area contributed by atoms with Crippen LogP contribution in [0.25, 0.3) is 0 Å². The van der Waals surface area contributed by atoms with E-state index in [9.17, 15) is 9.90 Å². The van der Waals surface area contributed by atoms with Crippen molar-refractivity contribution in [2.45, 2.75) is 38.8 Å². The van der Waals surface area contributed by atoms with Gasteiger partial charge in [-0.1, -0.05) is 24.3 Å². The number of carbonyl (C=O) groups excluding carboxylic acids is 1. The highest BCUT2D eigenvalue weighted by Gasteiger charge is 2.33. The predicted octanol–water partition coefficient (Wildman–Crippen LogP) is 2.42. The molecule has 0 fully saturated rings. The van der Waals surface area contributed by atoms with Crippen LogP contribution in [0.2, 0.25) is 0 Å². The number of fused-ring (bicyclic) bond motifs is 1. The van der Waals surface area contributed by atoms with E-state index in [0.717, 1.165) is 12.0 Å². The first kappa shape index (κ1) is 13.9. The highest BCUT2D eigenvalue weighted by atomic mass is 16.6. The Hall–Kier alpha value is -1.55. The molecule has 1 aliphatic rings. The second-order valence-electron chi connectivity index (χ2n) is 5.97. The predicted molar refractivity (Wildman–Crippen MR) is 72.8 cm³/mol. The maximum Gasteiger partial charge on any atom is 0.408 e. The fourth-order valence-electron chi connectivity index (χ4n) is 2.48. The lowest BCUT2D eigenvalue weighted by Gasteiger charge is -2.24. The molecule has 1 amide bonds. The molecule has 104 valence electrons. The van der Waals surface area contributed by atoms with E-state index in [2.05, 4.69) is 5.32 Å². The van der Waals surface area contributed by atoms with Crippen molar-refractivity contribution < 1.29 is 14.6 Å². The maximum absolute atomic E-state index is 11.9. The van der Waals surface area contributed by atoms with Gasteiger partial charge < -0.3 is 15.2 Å². The molecule has 0 bridgehead atoms. The van der Waals surface area contributed by atoms with Gasteiger partial charge in [-0.2, -0.15) is 0 Å². The molecule has 4 nitrogen and oxygen atoms in total. The van der Waals surface area contributed by atoms with Crippen LogP contribution in [0.4, 0.5) is 4.79 Å². The lowest BCUT2D eigenvalue weighted by atomic mass is 10.0. The fourth-order valence-corrected chi connectivity index (χ4v) is 2.48. The zero-order valence-electron chi connectivity index (χ0n) is 11.6. The largest absolute Gasteiger partial charge is 0.444 e. The minimum Gasteiger partial charge on any atom is -0.444 e. The molecule has 0 aliphatic heterocycles. The maximum atomic E-state index is 11.9. The van der Waals surface area contributed by atoms with Gasteiger partial charge in [0.2, 0.25) is 0 Å². The molecule has 4 heteroatoms. The van der Waals surface area contributed by atoms with E-state index in [0.29, 0.717) is 0 Å². The highest BCUT2D eigenvalue weighted by Crippen LogP contribution is 2.35. The molecule has 19 heavy (non-hydrogen) atoms. The van der Waals surface area contributed by atoms with E-state index in [4.69, 9.17) is 4.74 Å². The molecule has 0 radical (unpaired) electrons. The Balaban J connectivity index is 2.12. The average molecular weight is 263 g/mol. The van der Waals surface area contributed by atoms with E-state index in [-0.39, 0.29) is 18.6 Å². The molecular formula is C15H21NO3. The van der Waals surface area contributed by atoms with Crippen LogP contribution in [-0.4, -0.2) is 23.4 Å². The number of carbonyl (C=O) groups is 1. The van der Waals surface area contributed by atoms with Crippen molar-refractivity contribution in [3.63, 3.8) is 0 Å². The SMILES string of the molecule is CC(C)(C)OC(=O)NC1c2ccccc2C[C@H]1CO. The standard InChI is InChI=1S/C15H21NO3/c1-15(2,3)19-14(18)16-13-11(9-17)8-10-6-4-5-7-12(10)13/h4-7,11,13,17H,8-9H2,1-3H3,(H,16,18)/t11-,13?/m0/s1. The zero-order chi connectivity index (χ0) is 14.0. The summed E-state index contributed by atoms with van der Waals surface area (Å²) in [6.45, 7) is 5.55. The number of hydrogen-bond donors (Lipinski definition) is 2. The number of nitrogens with one attached hydrogen (secondary N) is 1. The summed E-state index contributed by atoms with van der Waals surface area (Å²) >= 11 is 0. The molecule has 2 N–H and O–H groups in total. The van der Waals surface area contributed by atoms with Crippen LogP contribution in [0.1, 0.15) is 37.9 Å². The number of alkyl carbamates (subject to hydrolysis) is 1. The van der Waals surface area contributed by atoms with Crippen LogP contribution in [-0.2, 0) is 11.2 Å². The van der Waals surface area contributed by atoms with Crippen LogP contribution >= 0.6 is 0 Å². The number of aliphatic hydroxyl groups excluding tert-OH is 1. The second kappa shape index (κ2) is 5.21. The summed E-state index contributed by atoms with van der Waals surface area (Å²) in [5.74, 6) is 0.0184. The number of benzene rings is 1. The van der Waals surface area contributed by atoms with Crippen molar-refractivity contribution in [1.29, 1.82) is 0 Å². The van der Waals surface area contributed by atoms with Gasteiger partial charge in [-0.25, -0.2) is 4.79 Å². The van der Waals surface area contributed by atoms with Gasteiger partial charge in [-0.3, -0.25) is 0 Å². The normalized spacial score (nSPS) is 21.9. The summed E-state index contributed by atoms with van der Waals surface area (Å²) in [6, 6.07) is 7.78. The van der Waals surface area contributed by atoms with Crippen molar-refractivity contribution in [3.8, 4) is 0 Å². The molecule has 1 aliphatic carbocycles. The van der Waals surface area contributed by atoms with E-state index >= 15 is 0 Å². The van der Waals surface area contributed by atoms with Gasteiger partial charge in [-0.05, 0) is 38.3 Å². The highest BCUT2D eigenvalue weighted by molar-refractivity contribution is 5.69. The number of hydrogen-bond acceptors (Lipinski definition) is 3. The molecule has 2 atom stereocenters. The quantitative estimate of drug-likeness (QED) is 0.861. The Bertz CT molecular complexity index is 465. The summed E-state index contributed by atoms with van der Waals surface area (Å²) in [7, 11) is 0. The smallest absolute Gasteiger partial charge is 0.408 e. The molecule has 0 heterocycles. The topological polar surface area (TPSA) is 58.6 Å². The van der Waals surface area contributed by atoms with Gasteiger partial charge in [0.15, 0.2) is 0 Å². The summed E-state index contributed by atoms with van der Waals surface area (Å²) in [5, 5.41) is 12.3. The van der Waals surface area contributed by atoms with Crippen molar-refractivity contribution in [2.75, 3.05) is 6.61 Å². The van der Waals surface area contributed by atoms with Crippen molar-refractivity contribution in [2.24, 2.45) is 5.92 Å². The van der Waals surface area contributed by atoms with E-state index in [1.54, 1.807) is 0 Å². The van der Waals surface area contributed by atoms with Crippen molar-refractivity contribution in [3.05, 3.63) is 35.4 Å². The lowest BCUT2D eigenvalue weighted by Crippen LogP contribution is -2.37. The first-order valence-electron chi connectivity index (χ1n) is 6.59. The van der Waals surface area contributed by atoms with Gasteiger partial charge in [0.1, 0.15) is 5.60 Å². The van der Waals surface area contributed by atoms with Gasteiger partial charge in [0.25, 0.3) is 0 Å². The molecule has 2 rings (SSSR count). The van der Waals surface area contributed by atoms with Gasteiger partial charge >= 0.3 is 6.09 Å². The Labute approximate surface area is 113 Å². The second-order valence-corrected chi connectivity index (χ2v) is 5.97.